The predicted octanol–water partition coefficient (Wildman–Crippen LogP) is 0.928. The molecule has 1 amide bonds. The van der Waals surface area contributed by atoms with E-state index in [0.717, 1.165) is 6.54 Å². The van der Waals surface area contributed by atoms with Gasteiger partial charge in [0.2, 0.25) is 0 Å². The Bertz CT molecular complexity index is 424. The number of piperidine rings is 1. The van der Waals surface area contributed by atoms with Gasteiger partial charge in [-0.15, -0.1) is 0 Å². The van der Waals surface area contributed by atoms with Crippen molar-refractivity contribution in [2.45, 2.75) is 32.7 Å². The second-order valence-electron chi connectivity index (χ2n) is 5.67. The van der Waals surface area contributed by atoms with Crippen molar-refractivity contribution < 1.29 is 4.79 Å². The summed E-state index contributed by atoms with van der Waals surface area (Å²) in [7, 11) is 1.82. The van der Waals surface area contributed by atoms with Crippen LogP contribution in [0.2, 0.25) is 0 Å². The van der Waals surface area contributed by atoms with E-state index in [2.05, 4.69) is 29.5 Å². The fraction of sp³-hybridized carbons (Fsp3) is 0.692. The summed E-state index contributed by atoms with van der Waals surface area (Å²) in [6.45, 7) is 6.18. The van der Waals surface area contributed by atoms with E-state index in [1.165, 1.54) is 12.8 Å². The molecule has 1 aliphatic heterocycles. The van der Waals surface area contributed by atoms with Crippen molar-refractivity contribution in [2.24, 2.45) is 12.5 Å². The number of carbonyl (C=O) groups excluding carboxylic acids is 1. The molecule has 1 aromatic heterocycles. The third kappa shape index (κ3) is 2.72. The third-order valence-electron chi connectivity index (χ3n) is 3.82. The minimum atomic E-state index is -0.106. The molecule has 2 N–H and O–H groups in total. The molecule has 5 heteroatoms. The Morgan fingerprint density at radius 1 is 1.67 bits per heavy atom. The van der Waals surface area contributed by atoms with E-state index in [9.17, 15) is 4.79 Å². The molecule has 18 heavy (non-hydrogen) atoms. The van der Waals surface area contributed by atoms with Crippen LogP contribution in [0.15, 0.2) is 12.4 Å². The second-order valence-corrected chi connectivity index (χ2v) is 5.67. The number of aromatic nitrogens is 2. The first-order chi connectivity index (χ1) is 8.50. The van der Waals surface area contributed by atoms with Crippen molar-refractivity contribution in [1.29, 1.82) is 0 Å². The lowest BCUT2D eigenvalue weighted by Gasteiger charge is -2.39. The quantitative estimate of drug-likeness (QED) is 0.839. The number of imidazole rings is 1. The molecule has 100 valence electrons. The van der Waals surface area contributed by atoms with Gasteiger partial charge in [0.05, 0.1) is 0 Å². The summed E-state index contributed by atoms with van der Waals surface area (Å²) < 4.78 is 1.73. The maximum absolute atomic E-state index is 12.0. The van der Waals surface area contributed by atoms with Crippen molar-refractivity contribution >= 4 is 5.91 Å². The molecule has 0 aliphatic carbocycles. The average Bonchev–Trinajstić information content (AvgIpc) is 2.73. The van der Waals surface area contributed by atoms with Gasteiger partial charge in [0, 0.05) is 32.0 Å². The van der Waals surface area contributed by atoms with Crippen LogP contribution in [-0.2, 0) is 7.05 Å². The van der Waals surface area contributed by atoms with E-state index >= 15 is 0 Å². The van der Waals surface area contributed by atoms with Crippen LogP contribution in [0.3, 0.4) is 0 Å². The number of nitrogens with one attached hydrogen (secondary N) is 2. The Balaban J connectivity index is 1.91. The Morgan fingerprint density at radius 2 is 2.44 bits per heavy atom. The molecule has 0 radical (unpaired) electrons. The summed E-state index contributed by atoms with van der Waals surface area (Å²) >= 11 is 0. The van der Waals surface area contributed by atoms with Crippen molar-refractivity contribution in [3.8, 4) is 0 Å². The first-order valence-corrected chi connectivity index (χ1v) is 6.49. The zero-order chi connectivity index (χ0) is 13.2. The van der Waals surface area contributed by atoms with Crippen LogP contribution in [0.4, 0.5) is 0 Å². The normalized spacial score (nSPS) is 22.7. The molecule has 2 heterocycles. The lowest BCUT2D eigenvalue weighted by molar-refractivity contribution is 0.0915. The van der Waals surface area contributed by atoms with Gasteiger partial charge in [-0.25, -0.2) is 4.98 Å². The van der Waals surface area contributed by atoms with Gasteiger partial charge in [-0.1, -0.05) is 13.8 Å². The molecule has 0 saturated carbocycles. The molecule has 0 spiro atoms. The molecular formula is C13H22N4O. The fourth-order valence-corrected chi connectivity index (χ4v) is 2.48. The fourth-order valence-electron chi connectivity index (χ4n) is 2.48. The van der Waals surface area contributed by atoms with E-state index < -0.39 is 0 Å². The van der Waals surface area contributed by atoms with Gasteiger partial charge < -0.3 is 15.2 Å². The summed E-state index contributed by atoms with van der Waals surface area (Å²) in [5, 5.41) is 6.45. The summed E-state index contributed by atoms with van der Waals surface area (Å²) in [4.78, 5) is 16.0. The lowest BCUT2D eigenvalue weighted by atomic mass is 9.77. The zero-order valence-corrected chi connectivity index (χ0v) is 11.4. The molecule has 1 atom stereocenters. The van der Waals surface area contributed by atoms with Crippen LogP contribution < -0.4 is 10.6 Å². The smallest absolute Gasteiger partial charge is 0.287 e. The van der Waals surface area contributed by atoms with Gasteiger partial charge >= 0.3 is 0 Å². The minimum absolute atomic E-state index is 0.106. The highest BCUT2D eigenvalue weighted by Crippen LogP contribution is 2.29. The number of aryl methyl sites for hydroxylation is 1. The first kappa shape index (κ1) is 13.1. The molecule has 1 aliphatic rings. The number of rotatable bonds is 3. The molecule has 1 aromatic rings. The summed E-state index contributed by atoms with van der Waals surface area (Å²) in [6, 6.07) is 0.329. The number of hydrogen-bond acceptors (Lipinski definition) is 3. The average molecular weight is 250 g/mol. The summed E-state index contributed by atoms with van der Waals surface area (Å²) in [6.07, 6.45) is 5.81. The molecule has 1 fully saturated rings. The van der Waals surface area contributed by atoms with E-state index in [4.69, 9.17) is 0 Å². The number of hydrogen-bond donors (Lipinski definition) is 2. The maximum Gasteiger partial charge on any atom is 0.287 e. The molecule has 1 saturated heterocycles. The Labute approximate surface area is 108 Å². The molecular weight excluding hydrogens is 228 g/mol. The highest BCUT2D eigenvalue weighted by molar-refractivity contribution is 5.90. The van der Waals surface area contributed by atoms with E-state index in [1.807, 2.05) is 7.05 Å². The molecule has 0 bridgehead atoms. The molecule has 5 nitrogen and oxygen atoms in total. The zero-order valence-electron chi connectivity index (χ0n) is 11.4. The highest BCUT2D eigenvalue weighted by Gasteiger charge is 2.32. The molecule has 1 unspecified atom stereocenters. The van der Waals surface area contributed by atoms with Crippen molar-refractivity contribution in [2.75, 3.05) is 13.1 Å². The number of amides is 1. The first-order valence-electron chi connectivity index (χ1n) is 6.49. The van der Waals surface area contributed by atoms with Gasteiger partial charge in [-0.05, 0) is 24.8 Å². The SMILES string of the molecule is Cn1ccnc1C(=O)NCC1NCCCC1(C)C. The van der Waals surface area contributed by atoms with Crippen molar-refractivity contribution in [3.05, 3.63) is 18.2 Å². The van der Waals surface area contributed by atoms with Crippen LogP contribution in [0.5, 0.6) is 0 Å². The monoisotopic (exact) mass is 250 g/mol. The maximum atomic E-state index is 12.0. The van der Waals surface area contributed by atoms with Gasteiger partial charge in [0.25, 0.3) is 5.91 Å². The van der Waals surface area contributed by atoms with E-state index in [1.54, 1.807) is 17.0 Å². The third-order valence-corrected chi connectivity index (χ3v) is 3.82. The van der Waals surface area contributed by atoms with Gasteiger partial charge in [0.15, 0.2) is 5.82 Å². The van der Waals surface area contributed by atoms with Crippen LogP contribution in [0, 0.1) is 5.41 Å². The van der Waals surface area contributed by atoms with Gasteiger partial charge in [-0.2, -0.15) is 0 Å². The van der Waals surface area contributed by atoms with Crippen LogP contribution in [0.25, 0.3) is 0 Å². The Morgan fingerprint density at radius 3 is 3.06 bits per heavy atom. The Hall–Kier alpha value is -1.36. The largest absolute Gasteiger partial charge is 0.348 e. The van der Waals surface area contributed by atoms with Crippen LogP contribution >= 0.6 is 0 Å². The number of nitrogens with zero attached hydrogens (tertiary/aromatic N) is 2. The topological polar surface area (TPSA) is 59.0 Å². The van der Waals surface area contributed by atoms with Crippen molar-refractivity contribution in [3.63, 3.8) is 0 Å². The second kappa shape index (κ2) is 5.10. The van der Waals surface area contributed by atoms with E-state index in [0.29, 0.717) is 18.4 Å². The standard InChI is InChI=1S/C13H22N4O/c1-13(2)5-4-6-14-10(13)9-16-12(18)11-15-7-8-17(11)3/h7-8,10,14H,4-6,9H2,1-3H3,(H,16,18). The minimum Gasteiger partial charge on any atom is -0.348 e. The van der Waals surface area contributed by atoms with Gasteiger partial charge in [-0.3, -0.25) is 4.79 Å². The summed E-state index contributed by atoms with van der Waals surface area (Å²) in [5.41, 5.74) is 0.229. The van der Waals surface area contributed by atoms with Crippen LogP contribution in [0.1, 0.15) is 37.3 Å². The lowest BCUT2D eigenvalue weighted by Crippen LogP contribution is -2.53. The predicted molar refractivity (Wildman–Crippen MR) is 70.3 cm³/mol. The highest BCUT2D eigenvalue weighted by atomic mass is 16.2. The van der Waals surface area contributed by atoms with Gasteiger partial charge in [0.1, 0.15) is 0 Å². The van der Waals surface area contributed by atoms with Crippen LogP contribution in [-0.4, -0.2) is 34.6 Å². The van der Waals surface area contributed by atoms with E-state index in [-0.39, 0.29) is 11.3 Å². The summed E-state index contributed by atoms with van der Waals surface area (Å²) in [5.74, 6) is 0.356. The number of carbonyl (C=O) groups is 1. The molecule has 0 aromatic carbocycles. The Kier molecular flexibility index (Phi) is 3.71. The molecule has 2 rings (SSSR count). The van der Waals surface area contributed by atoms with Crippen molar-refractivity contribution in [1.82, 2.24) is 20.2 Å².